The Labute approximate surface area is 146 Å². The number of carbonyl (C=O) groups excluding carboxylic acids is 1. The lowest BCUT2D eigenvalue weighted by atomic mass is 9.97. The largest absolute Gasteiger partial charge is 0.335 e. The summed E-state index contributed by atoms with van der Waals surface area (Å²) in [7, 11) is 0. The molecular formula is C18H21ClN4O. The summed E-state index contributed by atoms with van der Waals surface area (Å²) in [5.41, 5.74) is 3.50. The van der Waals surface area contributed by atoms with Crippen molar-refractivity contribution in [3.05, 3.63) is 46.5 Å². The average Bonchev–Trinajstić information content (AvgIpc) is 3.23. The Hall–Kier alpha value is -1.88. The minimum atomic E-state index is 0.141. The number of hydrogen-bond acceptors (Lipinski definition) is 3. The molecule has 3 heterocycles. The molecule has 1 aliphatic heterocycles. The summed E-state index contributed by atoms with van der Waals surface area (Å²) in [6, 6.07) is 3.61. The van der Waals surface area contributed by atoms with Crippen molar-refractivity contribution in [1.82, 2.24) is 19.7 Å². The van der Waals surface area contributed by atoms with Crippen LogP contribution < -0.4 is 0 Å². The molecule has 5 nitrogen and oxygen atoms in total. The van der Waals surface area contributed by atoms with E-state index in [1.807, 2.05) is 17.2 Å². The second-order valence-corrected chi connectivity index (χ2v) is 7.12. The second kappa shape index (κ2) is 6.55. The molecule has 4 rings (SSSR count). The van der Waals surface area contributed by atoms with Crippen LogP contribution in [-0.2, 0) is 24.3 Å². The highest BCUT2D eigenvalue weighted by Crippen LogP contribution is 2.36. The predicted molar refractivity (Wildman–Crippen MR) is 91.8 cm³/mol. The van der Waals surface area contributed by atoms with Crippen molar-refractivity contribution in [2.24, 2.45) is 0 Å². The molecule has 0 aromatic carbocycles. The Morgan fingerprint density at radius 1 is 1.29 bits per heavy atom. The normalized spacial score (nSPS) is 18.0. The molecule has 0 bridgehead atoms. The first kappa shape index (κ1) is 15.6. The summed E-state index contributed by atoms with van der Waals surface area (Å²) in [4.78, 5) is 18.6. The summed E-state index contributed by atoms with van der Waals surface area (Å²) >= 11 is 5.91. The van der Waals surface area contributed by atoms with Gasteiger partial charge in [-0.2, -0.15) is 5.10 Å². The molecule has 0 spiro atoms. The van der Waals surface area contributed by atoms with Crippen LogP contribution in [0.25, 0.3) is 0 Å². The Kier molecular flexibility index (Phi) is 4.27. The standard InChI is InChI=1S/C18H21ClN4O/c19-17-9-13(5-6-20-17)10-18(24)22-7-8-23-16(12-22)15(11-21-23)14-3-1-2-4-14/h5-6,9,11,14H,1-4,7-8,10,12H2. The van der Waals surface area contributed by atoms with Crippen LogP contribution in [0.4, 0.5) is 0 Å². The first-order valence-electron chi connectivity index (χ1n) is 8.63. The molecule has 0 unspecified atom stereocenters. The van der Waals surface area contributed by atoms with Crippen molar-refractivity contribution < 1.29 is 4.79 Å². The van der Waals surface area contributed by atoms with Gasteiger partial charge >= 0.3 is 0 Å². The van der Waals surface area contributed by atoms with E-state index in [4.69, 9.17) is 11.6 Å². The molecule has 0 N–H and O–H groups in total. The van der Waals surface area contributed by atoms with E-state index < -0.39 is 0 Å². The van der Waals surface area contributed by atoms with Crippen molar-refractivity contribution in [2.75, 3.05) is 6.54 Å². The van der Waals surface area contributed by atoms with Crippen LogP contribution in [0.5, 0.6) is 0 Å². The zero-order valence-electron chi connectivity index (χ0n) is 13.6. The summed E-state index contributed by atoms with van der Waals surface area (Å²) in [6.07, 6.45) is 9.16. The monoisotopic (exact) mass is 344 g/mol. The number of hydrogen-bond donors (Lipinski definition) is 0. The molecule has 0 radical (unpaired) electrons. The van der Waals surface area contributed by atoms with E-state index in [1.54, 1.807) is 12.3 Å². The summed E-state index contributed by atoms with van der Waals surface area (Å²) in [5, 5.41) is 4.97. The number of aromatic nitrogens is 3. The molecule has 1 saturated carbocycles. The zero-order valence-corrected chi connectivity index (χ0v) is 14.4. The first-order valence-corrected chi connectivity index (χ1v) is 9.01. The molecule has 0 atom stereocenters. The molecular weight excluding hydrogens is 324 g/mol. The fourth-order valence-electron chi connectivity index (χ4n) is 3.90. The first-order chi connectivity index (χ1) is 11.7. The Morgan fingerprint density at radius 2 is 2.12 bits per heavy atom. The van der Waals surface area contributed by atoms with Gasteiger partial charge in [0.15, 0.2) is 0 Å². The van der Waals surface area contributed by atoms with Crippen molar-refractivity contribution in [3.63, 3.8) is 0 Å². The SMILES string of the molecule is O=C(Cc1ccnc(Cl)c1)N1CCn2ncc(C3CCCC3)c2C1. The molecule has 24 heavy (non-hydrogen) atoms. The van der Waals surface area contributed by atoms with E-state index in [2.05, 4.69) is 14.8 Å². The Morgan fingerprint density at radius 3 is 2.92 bits per heavy atom. The number of pyridine rings is 1. The zero-order chi connectivity index (χ0) is 16.5. The highest BCUT2D eigenvalue weighted by atomic mass is 35.5. The van der Waals surface area contributed by atoms with Gasteiger partial charge in [0.2, 0.25) is 5.91 Å². The highest BCUT2D eigenvalue weighted by molar-refractivity contribution is 6.29. The van der Waals surface area contributed by atoms with Gasteiger partial charge < -0.3 is 4.90 Å². The second-order valence-electron chi connectivity index (χ2n) is 6.73. The molecule has 1 aliphatic carbocycles. The maximum Gasteiger partial charge on any atom is 0.227 e. The third-order valence-corrected chi connectivity index (χ3v) is 5.40. The molecule has 2 aromatic heterocycles. The Bertz CT molecular complexity index is 751. The maximum atomic E-state index is 12.7. The lowest BCUT2D eigenvalue weighted by Crippen LogP contribution is -2.39. The van der Waals surface area contributed by atoms with Gasteiger partial charge in [-0.3, -0.25) is 9.48 Å². The van der Waals surface area contributed by atoms with E-state index in [0.717, 1.165) is 18.7 Å². The highest BCUT2D eigenvalue weighted by Gasteiger charge is 2.28. The number of amides is 1. The van der Waals surface area contributed by atoms with Crippen LogP contribution in [0.15, 0.2) is 24.5 Å². The quantitative estimate of drug-likeness (QED) is 0.803. The third-order valence-electron chi connectivity index (χ3n) is 5.20. The molecule has 0 saturated heterocycles. The van der Waals surface area contributed by atoms with Crippen LogP contribution in [0.2, 0.25) is 5.15 Å². The lowest BCUT2D eigenvalue weighted by molar-refractivity contribution is -0.132. The smallest absolute Gasteiger partial charge is 0.227 e. The van der Waals surface area contributed by atoms with Gasteiger partial charge in [-0.25, -0.2) is 4.98 Å². The average molecular weight is 345 g/mol. The van der Waals surface area contributed by atoms with Crippen LogP contribution in [0, 0.1) is 0 Å². The maximum absolute atomic E-state index is 12.7. The van der Waals surface area contributed by atoms with Crippen molar-refractivity contribution in [1.29, 1.82) is 0 Å². The summed E-state index contributed by atoms with van der Waals surface area (Å²) in [6.45, 7) is 2.17. The summed E-state index contributed by atoms with van der Waals surface area (Å²) in [5.74, 6) is 0.768. The lowest BCUT2D eigenvalue weighted by Gasteiger charge is -2.29. The van der Waals surface area contributed by atoms with Gasteiger partial charge in [0.25, 0.3) is 0 Å². The third kappa shape index (κ3) is 3.05. The van der Waals surface area contributed by atoms with Gasteiger partial charge in [-0.05, 0) is 42.0 Å². The predicted octanol–water partition coefficient (Wildman–Crippen LogP) is 3.17. The molecule has 1 amide bonds. The van der Waals surface area contributed by atoms with E-state index in [0.29, 0.717) is 24.0 Å². The van der Waals surface area contributed by atoms with Crippen LogP contribution in [-0.4, -0.2) is 32.1 Å². The molecule has 6 heteroatoms. The Balaban J connectivity index is 1.49. The number of nitrogens with zero attached hydrogens (tertiary/aromatic N) is 4. The summed E-state index contributed by atoms with van der Waals surface area (Å²) < 4.78 is 2.08. The molecule has 2 aliphatic rings. The van der Waals surface area contributed by atoms with Crippen molar-refractivity contribution in [2.45, 2.75) is 51.1 Å². The number of halogens is 1. The van der Waals surface area contributed by atoms with Crippen LogP contribution >= 0.6 is 11.6 Å². The van der Waals surface area contributed by atoms with Crippen LogP contribution in [0.3, 0.4) is 0 Å². The van der Waals surface area contributed by atoms with E-state index in [1.165, 1.54) is 36.9 Å². The molecule has 126 valence electrons. The minimum Gasteiger partial charge on any atom is -0.335 e. The van der Waals surface area contributed by atoms with Gasteiger partial charge in [-0.1, -0.05) is 24.4 Å². The van der Waals surface area contributed by atoms with Gasteiger partial charge in [0, 0.05) is 12.7 Å². The number of carbonyl (C=O) groups is 1. The van der Waals surface area contributed by atoms with Crippen LogP contribution in [0.1, 0.15) is 48.4 Å². The van der Waals surface area contributed by atoms with Crippen molar-refractivity contribution >= 4 is 17.5 Å². The number of rotatable bonds is 3. The minimum absolute atomic E-state index is 0.141. The van der Waals surface area contributed by atoms with E-state index in [9.17, 15) is 4.79 Å². The number of fused-ring (bicyclic) bond motifs is 1. The van der Waals surface area contributed by atoms with Gasteiger partial charge in [-0.15, -0.1) is 0 Å². The fraction of sp³-hybridized carbons (Fsp3) is 0.500. The van der Waals surface area contributed by atoms with Gasteiger partial charge in [0.05, 0.1) is 31.4 Å². The van der Waals surface area contributed by atoms with Gasteiger partial charge in [0.1, 0.15) is 5.15 Å². The van der Waals surface area contributed by atoms with E-state index in [-0.39, 0.29) is 5.91 Å². The topological polar surface area (TPSA) is 51.0 Å². The van der Waals surface area contributed by atoms with Crippen molar-refractivity contribution in [3.8, 4) is 0 Å². The fourth-order valence-corrected chi connectivity index (χ4v) is 4.09. The molecule has 2 aromatic rings. The van der Waals surface area contributed by atoms with E-state index >= 15 is 0 Å². The molecule has 1 fully saturated rings.